The summed E-state index contributed by atoms with van der Waals surface area (Å²) in [6.07, 6.45) is 15.7. The highest BCUT2D eigenvalue weighted by Crippen LogP contribution is 2.29. The number of thiazole rings is 1. The number of aromatic nitrogens is 6. The molecule has 76 heavy (non-hydrogen) atoms. The molecule has 4 N–H and O–H groups in total. The highest BCUT2D eigenvalue weighted by Gasteiger charge is 2.42. The monoisotopic (exact) mass is 1050 g/mol. The second kappa shape index (κ2) is 29.0. The molecule has 402 valence electrons. The Labute approximate surface area is 450 Å². The summed E-state index contributed by atoms with van der Waals surface area (Å²) in [4.78, 5) is 69.0. The van der Waals surface area contributed by atoms with Crippen LogP contribution in [-0.2, 0) is 44.0 Å². The third-order valence-corrected chi connectivity index (χ3v) is 13.7. The van der Waals surface area contributed by atoms with E-state index in [1.807, 2.05) is 118 Å². The molecule has 0 aliphatic carbocycles. The zero-order valence-corrected chi connectivity index (χ0v) is 45.2. The van der Waals surface area contributed by atoms with E-state index in [9.17, 15) is 19.2 Å². The maximum Gasteiger partial charge on any atom is 0.251 e. The third kappa shape index (κ3) is 16.7. The van der Waals surface area contributed by atoms with E-state index < -0.39 is 17.5 Å². The number of likely N-dealkylation sites (tertiary alicyclic amines) is 1. The van der Waals surface area contributed by atoms with Crippen LogP contribution in [0.1, 0.15) is 105 Å². The first-order valence-corrected chi connectivity index (χ1v) is 26.5. The van der Waals surface area contributed by atoms with Gasteiger partial charge in [0.25, 0.3) is 5.91 Å². The Morgan fingerprint density at radius 1 is 0.855 bits per heavy atom. The van der Waals surface area contributed by atoms with E-state index in [1.54, 1.807) is 34.6 Å². The van der Waals surface area contributed by atoms with Crippen molar-refractivity contribution in [3.05, 3.63) is 125 Å². The van der Waals surface area contributed by atoms with Crippen molar-refractivity contribution in [3.63, 3.8) is 0 Å². The summed E-state index contributed by atoms with van der Waals surface area (Å²) >= 11 is 1.60. The van der Waals surface area contributed by atoms with Gasteiger partial charge < -0.3 is 44.9 Å². The van der Waals surface area contributed by atoms with Crippen LogP contribution >= 0.6 is 11.3 Å². The minimum absolute atomic E-state index is 0.185. The Morgan fingerprint density at radius 3 is 2.37 bits per heavy atom. The molecule has 0 saturated carbocycles. The van der Waals surface area contributed by atoms with Crippen molar-refractivity contribution >= 4 is 40.7 Å². The summed E-state index contributed by atoms with van der Waals surface area (Å²) in [7, 11) is 1.88. The number of terminal acetylenes is 1. The summed E-state index contributed by atoms with van der Waals surface area (Å²) in [6.45, 7) is 12.6. The Balaban J connectivity index is 0.00000463. The molecule has 0 spiro atoms. The highest BCUT2D eigenvalue weighted by atomic mass is 32.1. The number of carbonyl (C=O) groups is 4. The van der Waals surface area contributed by atoms with Crippen LogP contribution in [-0.4, -0.2) is 110 Å². The first-order chi connectivity index (χ1) is 36.7. The number of aryl methyl sites for hydroxylation is 1. The van der Waals surface area contributed by atoms with Gasteiger partial charge in [-0.2, -0.15) is 0 Å². The standard InChI is InChI=1S/C55H69N11O7S.C2H2/c1-37(61-52(68)42-15-10-16-43(30-42)57-33-47-63-64-51(65(47)6)45-23-24-56-35-59-45)41-14-11-17-44(31-41)73-29-9-7-8-26-71-27-13-28-72-34-48(67)62-50(55(3,4)5)54(70)66-25-12-18-46(66)53(69)58-32-39-19-21-40(22-20-39)49-38(2)60-36-74-49;1-2/h10-11,14-17,19-24,30-31,35-37,46,50,57H,7-9,12-13,18,25-29,32-34H2,1-6H3,(H,58,69)(H,61,68)(H,62,67);1-2H/t37-,46+,50-;/m1./s1. The van der Waals surface area contributed by atoms with E-state index in [1.165, 1.54) is 6.33 Å². The molecule has 1 saturated heterocycles. The Bertz CT molecular complexity index is 2830. The molecule has 7 rings (SSSR count). The predicted molar refractivity (Wildman–Crippen MR) is 294 cm³/mol. The average Bonchev–Trinajstić information content (AvgIpc) is 4.20. The predicted octanol–water partition coefficient (Wildman–Crippen LogP) is 7.87. The van der Waals surface area contributed by atoms with Crippen LogP contribution in [0, 0.1) is 25.2 Å². The Kier molecular flexibility index (Phi) is 22.0. The molecule has 1 aliphatic heterocycles. The second-order valence-corrected chi connectivity index (χ2v) is 20.3. The second-order valence-electron chi connectivity index (χ2n) is 19.5. The molecule has 3 atom stereocenters. The topological polar surface area (TPSA) is 217 Å². The molecule has 3 aromatic carbocycles. The number of hydrogen-bond acceptors (Lipinski definition) is 14. The first-order valence-electron chi connectivity index (χ1n) is 25.6. The lowest BCUT2D eigenvalue weighted by Crippen LogP contribution is -2.58. The largest absolute Gasteiger partial charge is 0.494 e. The number of nitrogens with zero attached hydrogens (tertiary/aromatic N) is 7. The summed E-state index contributed by atoms with van der Waals surface area (Å²) in [6, 6.07) is 23.2. The fraction of sp³-hybridized carbons (Fsp3) is 0.421. The molecule has 0 radical (unpaired) electrons. The number of benzene rings is 3. The highest BCUT2D eigenvalue weighted by molar-refractivity contribution is 7.13. The van der Waals surface area contributed by atoms with Gasteiger partial charge in [-0.1, -0.05) is 63.2 Å². The molecule has 18 nitrogen and oxygen atoms in total. The van der Waals surface area contributed by atoms with Crippen molar-refractivity contribution in [2.45, 2.75) is 104 Å². The van der Waals surface area contributed by atoms with Crippen molar-refractivity contribution in [2.75, 3.05) is 44.9 Å². The van der Waals surface area contributed by atoms with Crippen molar-refractivity contribution in [1.29, 1.82) is 0 Å². The summed E-state index contributed by atoms with van der Waals surface area (Å²) in [5.41, 5.74) is 7.19. The molecular weight excluding hydrogens is 983 g/mol. The van der Waals surface area contributed by atoms with E-state index in [0.29, 0.717) is 88.2 Å². The number of anilines is 1. The molecular formula is C57H71N11O7S. The number of ether oxygens (including phenoxy) is 3. The number of unbranched alkanes of at least 4 members (excludes halogenated alkanes) is 2. The van der Waals surface area contributed by atoms with Gasteiger partial charge >= 0.3 is 0 Å². The first kappa shape index (κ1) is 57.7. The lowest BCUT2D eigenvalue weighted by molar-refractivity contribution is -0.144. The van der Waals surface area contributed by atoms with E-state index >= 15 is 0 Å². The van der Waals surface area contributed by atoms with Gasteiger partial charge in [0, 0.05) is 57.4 Å². The van der Waals surface area contributed by atoms with E-state index in [-0.39, 0.29) is 36.3 Å². The smallest absolute Gasteiger partial charge is 0.251 e. The molecule has 1 fully saturated rings. The van der Waals surface area contributed by atoms with Gasteiger partial charge in [-0.25, -0.2) is 15.0 Å². The van der Waals surface area contributed by atoms with Crippen LogP contribution in [0.2, 0.25) is 0 Å². The third-order valence-electron chi connectivity index (χ3n) is 12.8. The zero-order valence-electron chi connectivity index (χ0n) is 44.4. The molecule has 3 aromatic heterocycles. The summed E-state index contributed by atoms with van der Waals surface area (Å²) in [5, 5.41) is 20.9. The van der Waals surface area contributed by atoms with Crippen LogP contribution in [0.25, 0.3) is 22.0 Å². The maximum absolute atomic E-state index is 13.9. The van der Waals surface area contributed by atoms with E-state index in [4.69, 9.17) is 14.2 Å². The molecule has 4 heterocycles. The van der Waals surface area contributed by atoms with Gasteiger partial charge in [-0.3, -0.25) is 19.2 Å². The number of amides is 4. The number of rotatable bonds is 26. The molecule has 1 aliphatic rings. The molecule has 4 amide bonds. The fourth-order valence-corrected chi connectivity index (χ4v) is 9.34. The van der Waals surface area contributed by atoms with Crippen molar-refractivity contribution < 1.29 is 33.4 Å². The summed E-state index contributed by atoms with van der Waals surface area (Å²) in [5.74, 6) is 1.05. The number of hydrogen-bond donors (Lipinski definition) is 4. The normalized spacial score (nSPS) is 13.9. The number of carbonyl (C=O) groups excluding carboxylic acids is 4. The maximum atomic E-state index is 13.9. The quantitative estimate of drug-likeness (QED) is 0.0301. The SMILES string of the molecule is C#C.Cc1ncsc1-c1ccc(CNC(=O)[C@@H]2CCCN2C(=O)[C@@H](NC(=O)COCCCOCCCCCOc2cccc([C@@H](C)NC(=O)c3cccc(NCc4nnc(-c5ccncn5)n4C)c3)c2)C(C)(C)C)cc1. The van der Waals surface area contributed by atoms with Gasteiger partial charge in [0.15, 0.2) is 11.6 Å². The molecule has 19 heteroatoms. The van der Waals surface area contributed by atoms with E-state index in [0.717, 1.165) is 58.0 Å². The Hall–Kier alpha value is -7.53. The van der Waals surface area contributed by atoms with Crippen molar-refractivity contribution in [3.8, 4) is 40.6 Å². The lowest BCUT2D eigenvalue weighted by Gasteiger charge is -2.35. The minimum Gasteiger partial charge on any atom is -0.494 e. The Morgan fingerprint density at radius 2 is 1.62 bits per heavy atom. The van der Waals surface area contributed by atoms with Crippen LogP contribution < -0.4 is 26.0 Å². The molecule has 0 bridgehead atoms. The van der Waals surface area contributed by atoms with Gasteiger partial charge in [0.2, 0.25) is 17.7 Å². The van der Waals surface area contributed by atoms with Crippen LogP contribution in [0.15, 0.2) is 96.9 Å². The van der Waals surface area contributed by atoms with Crippen molar-refractivity contribution in [1.82, 2.24) is 50.6 Å². The fourth-order valence-electron chi connectivity index (χ4n) is 8.53. The summed E-state index contributed by atoms with van der Waals surface area (Å²) < 4.78 is 19.4. The molecule has 0 unspecified atom stereocenters. The van der Waals surface area contributed by atoms with Gasteiger partial charge in [0.1, 0.15) is 36.5 Å². The van der Waals surface area contributed by atoms with Crippen molar-refractivity contribution in [2.24, 2.45) is 12.5 Å². The van der Waals surface area contributed by atoms with E-state index in [2.05, 4.69) is 59.3 Å². The van der Waals surface area contributed by atoms with Gasteiger partial charge in [-0.05, 0) is 111 Å². The average molecular weight is 1050 g/mol. The van der Waals surface area contributed by atoms with Crippen LogP contribution in [0.3, 0.4) is 0 Å². The number of nitrogens with one attached hydrogen (secondary N) is 4. The minimum atomic E-state index is -0.827. The van der Waals surface area contributed by atoms with Gasteiger partial charge in [0.05, 0.1) is 35.3 Å². The van der Waals surface area contributed by atoms with Gasteiger partial charge in [-0.15, -0.1) is 34.4 Å². The lowest BCUT2D eigenvalue weighted by atomic mass is 9.85. The molecule has 6 aromatic rings. The zero-order chi connectivity index (χ0) is 54.5. The van der Waals surface area contributed by atoms with Crippen LogP contribution in [0.4, 0.5) is 5.69 Å². The van der Waals surface area contributed by atoms with Crippen LogP contribution in [0.5, 0.6) is 5.75 Å².